The topological polar surface area (TPSA) is 21.3 Å². The van der Waals surface area contributed by atoms with Crippen molar-refractivity contribution in [2.45, 2.75) is 38.1 Å². The van der Waals surface area contributed by atoms with Crippen molar-refractivity contribution in [3.63, 3.8) is 0 Å². The van der Waals surface area contributed by atoms with Crippen molar-refractivity contribution in [3.8, 4) is 5.75 Å². The zero-order chi connectivity index (χ0) is 12.8. The zero-order valence-electron chi connectivity index (χ0n) is 10.4. The molecule has 2 nitrogen and oxygen atoms in total. The molecule has 0 aromatic heterocycles. The quantitative estimate of drug-likeness (QED) is 0.720. The van der Waals surface area contributed by atoms with Gasteiger partial charge in [-0.3, -0.25) is 0 Å². The SMILES string of the molecule is Clc1ccc(Cl)c(OCCCCCNC2CC2)c1. The lowest BCUT2D eigenvalue weighted by Crippen LogP contribution is -2.17. The van der Waals surface area contributed by atoms with E-state index in [1.807, 2.05) is 0 Å². The monoisotopic (exact) mass is 287 g/mol. The van der Waals surface area contributed by atoms with Gasteiger partial charge in [-0.15, -0.1) is 0 Å². The van der Waals surface area contributed by atoms with Crippen LogP contribution in [0.4, 0.5) is 0 Å². The molecule has 0 unspecified atom stereocenters. The van der Waals surface area contributed by atoms with Crippen LogP contribution in [0.25, 0.3) is 0 Å². The first-order valence-corrected chi connectivity index (χ1v) is 7.32. The number of halogens is 2. The molecule has 0 atom stereocenters. The molecule has 0 spiro atoms. The van der Waals surface area contributed by atoms with Crippen molar-refractivity contribution < 1.29 is 4.74 Å². The highest BCUT2D eigenvalue weighted by molar-refractivity contribution is 6.34. The minimum absolute atomic E-state index is 0.620. The summed E-state index contributed by atoms with van der Waals surface area (Å²) in [5.41, 5.74) is 0. The highest BCUT2D eigenvalue weighted by Crippen LogP contribution is 2.27. The maximum atomic E-state index is 6.01. The zero-order valence-corrected chi connectivity index (χ0v) is 11.9. The van der Waals surface area contributed by atoms with Gasteiger partial charge in [-0.05, 0) is 50.8 Å². The summed E-state index contributed by atoms with van der Waals surface area (Å²) in [6.45, 7) is 1.83. The summed E-state index contributed by atoms with van der Waals surface area (Å²) in [5.74, 6) is 0.681. The predicted molar refractivity (Wildman–Crippen MR) is 76.8 cm³/mol. The summed E-state index contributed by atoms with van der Waals surface area (Å²) in [5, 5.41) is 4.78. The number of rotatable bonds is 8. The summed E-state index contributed by atoms with van der Waals surface area (Å²) in [4.78, 5) is 0. The Bertz CT molecular complexity index is 380. The van der Waals surface area contributed by atoms with E-state index in [1.165, 1.54) is 25.7 Å². The molecular weight excluding hydrogens is 269 g/mol. The number of benzene rings is 1. The van der Waals surface area contributed by atoms with Gasteiger partial charge in [-0.25, -0.2) is 0 Å². The maximum Gasteiger partial charge on any atom is 0.139 e. The van der Waals surface area contributed by atoms with Crippen molar-refractivity contribution >= 4 is 23.2 Å². The number of nitrogens with one attached hydrogen (secondary N) is 1. The fourth-order valence-electron chi connectivity index (χ4n) is 1.77. The van der Waals surface area contributed by atoms with Crippen LogP contribution in [0.15, 0.2) is 18.2 Å². The third-order valence-electron chi connectivity index (χ3n) is 2.98. The van der Waals surface area contributed by atoms with Gasteiger partial charge in [0.2, 0.25) is 0 Å². The summed E-state index contributed by atoms with van der Waals surface area (Å²) >= 11 is 11.9. The number of hydrogen-bond acceptors (Lipinski definition) is 2. The van der Waals surface area contributed by atoms with Gasteiger partial charge in [-0.1, -0.05) is 23.2 Å². The van der Waals surface area contributed by atoms with Gasteiger partial charge in [0, 0.05) is 17.1 Å². The lowest BCUT2D eigenvalue weighted by Gasteiger charge is -2.08. The standard InChI is InChI=1S/C14H19Cl2NO/c15-11-4-7-13(16)14(10-11)18-9-3-1-2-8-17-12-5-6-12/h4,7,10,12,17H,1-3,5-6,8-9H2. The van der Waals surface area contributed by atoms with Crippen LogP contribution in [-0.2, 0) is 0 Å². The molecule has 4 heteroatoms. The molecule has 1 aromatic rings. The second-order valence-electron chi connectivity index (χ2n) is 4.71. The van der Waals surface area contributed by atoms with Crippen LogP contribution in [0.2, 0.25) is 10.0 Å². The first-order valence-electron chi connectivity index (χ1n) is 6.57. The highest BCUT2D eigenvalue weighted by atomic mass is 35.5. The van der Waals surface area contributed by atoms with Crippen LogP contribution in [0, 0.1) is 0 Å². The van der Waals surface area contributed by atoms with E-state index < -0.39 is 0 Å². The Morgan fingerprint density at radius 2 is 2.00 bits per heavy atom. The van der Waals surface area contributed by atoms with Gasteiger partial charge in [0.1, 0.15) is 5.75 Å². The fraction of sp³-hybridized carbons (Fsp3) is 0.571. The molecule has 0 heterocycles. The Hall–Kier alpha value is -0.440. The summed E-state index contributed by atoms with van der Waals surface area (Å²) in [7, 11) is 0. The maximum absolute atomic E-state index is 6.01. The van der Waals surface area contributed by atoms with Crippen molar-refractivity contribution in [2.24, 2.45) is 0 Å². The van der Waals surface area contributed by atoms with Gasteiger partial charge in [-0.2, -0.15) is 0 Å². The lowest BCUT2D eigenvalue weighted by molar-refractivity contribution is 0.305. The Labute approximate surface area is 119 Å². The number of hydrogen-bond donors (Lipinski definition) is 1. The molecule has 100 valence electrons. The molecule has 0 bridgehead atoms. The summed E-state index contributed by atoms with van der Waals surface area (Å²) in [6, 6.07) is 6.10. The molecule has 2 rings (SSSR count). The minimum atomic E-state index is 0.620. The number of ether oxygens (including phenoxy) is 1. The third kappa shape index (κ3) is 5.05. The van der Waals surface area contributed by atoms with E-state index in [0.29, 0.717) is 22.4 Å². The van der Waals surface area contributed by atoms with Crippen LogP contribution in [0.3, 0.4) is 0 Å². The van der Waals surface area contributed by atoms with E-state index in [9.17, 15) is 0 Å². The van der Waals surface area contributed by atoms with E-state index in [0.717, 1.165) is 19.0 Å². The molecule has 1 aliphatic rings. The van der Waals surface area contributed by atoms with E-state index in [-0.39, 0.29) is 0 Å². The van der Waals surface area contributed by atoms with Crippen LogP contribution < -0.4 is 10.1 Å². The van der Waals surface area contributed by atoms with E-state index in [1.54, 1.807) is 18.2 Å². The molecule has 0 radical (unpaired) electrons. The molecule has 18 heavy (non-hydrogen) atoms. The molecule has 1 fully saturated rings. The molecule has 0 saturated heterocycles. The van der Waals surface area contributed by atoms with E-state index >= 15 is 0 Å². The molecule has 1 aromatic carbocycles. The van der Waals surface area contributed by atoms with Crippen molar-refractivity contribution in [1.29, 1.82) is 0 Å². The van der Waals surface area contributed by atoms with Gasteiger partial charge in [0.05, 0.1) is 11.6 Å². The first-order chi connectivity index (χ1) is 8.75. The summed E-state index contributed by atoms with van der Waals surface area (Å²) < 4.78 is 5.62. The Balaban J connectivity index is 1.55. The lowest BCUT2D eigenvalue weighted by atomic mass is 10.2. The van der Waals surface area contributed by atoms with E-state index in [2.05, 4.69) is 5.32 Å². The Morgan fingerprint density at radius 3 is 2.78 bits per heavy atom. The largest absolute Gasteiger partial charge is 0.492 e. The van der Waals surface area contributed by atoms with Crippen LogP contribution in [0.1, 0.15) is 32.1 Å². The van der Waals surface area contributed by atoms with Crippen LogP contribution in [0.5, 0.6) is 5.75 Å². The first kappa shape index (κ1) is 14.0. The molecule has 1 N–H and O–H groups in total. The normalized spacial score (nSPS) is 14.8. The summed E-state index contributed by atoms with van der Waals surface area (Å²) in [6.07, 6.45) is 6.16. The minimum Gasteiger partial charge on any atom is -0.492 e. The Kier molecular flexibility index (Phi) is 5.61. The smallest absolute Gasteiger partial charge is 0.139 e. The average Bonchev–Trinajstić information content (AvgIpc) is 3.16. The van der Waals surface area contributed by atoms with Crippen molar-refractivity contribution in [2.75, 3.05) is 13.2 Å². The molecule has 0 aliphatic heterocycles. The molecular formula is C14H19Cl2NO. The van der Waals surface area contributed by atoms with Gasteiger partial charge in [0.25, 0.3) is 0 Å². The van der Waals surface area contributed by atoms with Gasteiger partial charge >= 0.3 is 0 Å². The number of unbranched alkanes of at least 4 members (excludes halogenated alkanes) is 2. The van der Waals surface area contributed by atoms with Crippen molar-refractivity contribution in [1.82, 2.24) is 5.32 Å². The second-order valence-corrected chi connectivity index (χ2v) is 5.56. The second kappa shape index (κ2) is 7.22. The fourth-order valence-corrected chi connectivity index (χ4v) is 2.10. The van der Waals surface area contributed by atoms with Crippen LogP contribution in [-0.4, -0.2) is 19.2 Å². The predicted octanol–water partition coefficient (Wildman–Crippen LogP) is 4.29. The molecule has 1 saturated carbocycles. The van der Waals surface area contributed by atoms with Gasteiger partial charge in [0.15, 0.2) is 0 Å². The van der Waals surface area contributed by atoms with E-state index in [4.69, 9.17) is 27.9 Å². The molecule has 0 amide bonds. The third-order valence-corrected chi connectivity index (χ3v) is 3.53. The van der Waals surface area contributed by atoms with Gasteiger partial charge < -0.3 is 10.1 Å². The molecule has 1 aliphatic carbocycles. The van der Waals surface area contributed by atoms with Crippen LogP contribution >= 0.6 is 23.2 Å². The highest BCUT2D eigenvalue weighted by Gasteiger charge is 2.19. The van der Waals surface area contributed by atoms with Crippen molar-refractivity contribution in [3.05, 3.63) is 28.2 Å². The average molecular weight is 288 g/mol. The Morgan fingerprint density at radius 1 is 1.17 bits per heavy atom.